The fourth-order valence-corrected chi connectivity index (χ4v) is 1.95. The van der Waals surface area contributed by atoms with Gasteiger partial charge in [0.25, 0.3) is 0 Å². The van der Waals surface area contributed by atoms with Gasteiger partial charge >= 0.3 is 0 Å². The molecule has 1 unspecified atom stereocenters. The van der Waals surface area contributed by atoms with Gasteiger partial charge in [0.2, 0.25) is 0 Å². The van der Waals surface area contributed by atoms with Crippen LogP contribution in [0.25, 0.3) is 0 Å². The fourth-order valence-electron chi connectivity index (χ4n) is 1.95. The zero-order valence-electron chi connectivity index (χ0n) is 10.2. The Bertz CT molecular complexity index is 474. The van der Waals surface area contributed by atoms with E-state index in [1.54, 1.807) is 12.5 Å². The van der Waals surface area contributed by atoms with Gasteiger partial charge in [-0.05, 0) is 25.5 Å². The normalized spacial score (nSPS) is 12.9. The first kappa shape index (κ1) is 11.9. The van der Waals surface area contributed by atoms with Crippen molar-refractivity contribution < 1.29 is 4.42 Å². The molecule has 0 radical (unpaired) electrons. The molecule has 0 bridgehead atoms. The Morgan fingerprint density at radius 3 is 3.00 bits per heavy atom. The molecule has 5 heteroatoms. The molecule has 2 aromatic heterocycles. The molecule has 0 fully saturated rings. The van der Waals surface area contributed by atoms with E-state index in [0.717, 1.165) is 30.0 Å². The predicted molar refractivity (Wildman–Crippen MR) is 65.1 cm³/mol. The van der Waals surface area contributed by atoms with Crippen LogP contribution in [0.4, 0.5) is 0 Å². The molecule has 2 aromatic rings. The van der Waals surface area contributed by atoms with Crippen LogP contribution in [-0.2, 0) is 6.54 Å². The van der Waals surface area contributed by atoms with Gasteiger partial charge in [0.05, 0.1) is 18.0 Å². The number of nitrogens with two attached hydrogens (primary N) is 1. The molecule has 0 spiro atoms. The SMILES string of the molecule is CCCn1nccc1C(NN)c1coc(C)c1. The first-order chi connectivity index (χ1) is 8.26. The molecule has 0 aromatic carbocycles. The van der Waals surface area contributed by atoms with E-state index in [0.29, 0.717) is 0 Å². The quantitative estimate of drug-likeness (QED) is 0.611. The molecule has 0 saturated heterocycles. The summed E-state index contributed by atoms with van der Waals surface area (Å²) in [6.07, 6.45) is 4.56. The van der Waals surface area contributed by atoms with Crippen molar-refractivity contribution >= 4 is 0 Å². The Kier molecular flexibility index (Phi) is 3.61. The lowest BCUT2D eigenvalue weighted by atomic mass is 10.1. The molecule has 0 aliphatic rings. The number of rotatable bonds is 5. The van der Waals surface area contributed by atoms with Crippen molar-refractivity contribution in [1.82, 2.24) is 15.2 Å². The van der Waals surface area contributed by atoms with Gasteiger partial charge in [-0.25, -0.2) is 5.43 Å². The van der Waals surface area contributed by atoms with Crippen LogP contribution in [0.2, 0.25) is 0 Å². The summed E-state index contributed by atoms with van der Waals surface area (Å²) in [5.41, 5.74) is 4.88. The van der Waals surface area contributed by atoms with Gasteiger partial charge in [-0.3, -0.25) is 10.5 Å². The van der Waals surface area contributed by atoms with Crippen LogP contribution in [0, 0.1) is 6.92 Å². The minimum atomic E-state index is -0.0819. The number of hydrazine groups is 1. The molecule has 92 valence electrons. The molecule has 3 N–H and O–H groups in total. The van der Waals surface area contributed by atoms with Crippen LogP contribution in [0.1, 0.15) is 36.4 Å². The molecule has 5 nitrogen and oxygen atoms in total. The standard InChI is InChI=1S/C12H18N4O/c1-3-6-16-11(4-5-14-16)12(15-13)10-7-9(2)17-8-10/h4-5,7-8,12,15H,3,6,13H2,1-2H3. The molecular formula is C12H18N4O. The summed E-state index contributed by atoms with van der Waals surface area (Å²) >= 11 is 0. The second-order valence-corrected chi connectivity index (χ2v) is 4.07. The third-order valence-corrected chi connectivity index (χ3v) is 2.73. The van der Waals surface area contributed by atoms with Crippen LogP contribution in [0.5, 0.6) is 0 Å². The van der Waals surface area contributed by atoms with Crippen LogP contribution < -0.4 is 11.3 Å². The summed E-state index contributed by atoms with van der Waals surface area (Å²) in [4.78, 5) is 0. The van der Waals surface area contributed by atoms with Crippen LogP contribution in [0.15, 0.2) is 29.0 Å². The monoisotopic (exact) mass is 234 g/mol. The Labute approximate surface area is 101 Å². The van der Waals surface area contributed by atoms with Gasteiger partial charge in [-0.1, -0.05) is 6.92 Å². The van der Waals surface area contributed by atoms with Crippen molar-refractivity contribution in [2.24, 2.45) is 5.84 Å². The van der Waals surface area contributed by atoms with E-state index in [4.69, 9.17) is 10.3 Å². The van der Waals surface area contributed by atoms with Crippen LogP contribution >= 0.6 is 0 Å². The van der Waals surface area contributed by atoms with E-state index in [1.807, 2.05) is 23.7 Å². The predicted octanol–water partition coefficient (Wildman–Crippen LogP) is 1.75. The van der Waals surface area contributed by atoms with E-state index in [1.165, 1.54) is 0 Å². The Balaban J connectivity index is 2.31. The second kappa shape index (κ2) is 5.16. The van der Waals surface area contributed by atoms with E-state index in [9.17, 15) is 0 Å². The molecule has 2 rings (SSSR count). The summed E-state index contributed by atoms with van der Waals surface area (Å²) in [5.74, 6) is 6.51. The number of aryl methyl sites for hydroxylation is 2. The molecule has 0 saturated carbocycles. The zero-order valence-corrected chi connectivity index (χ0v) is 10.2. The van der Waals surface area contributed by atoms with Crippen molar-refractivity contribution in [2.75, 3.05) is 0 Å². The van der Waals surface area contributed by atoms with Crippen molar-refractivity contribution in [3.05, 3.63) is 41.6 Å². The maximum absolute atomic E-state index is 5.64. The van der Waals surface area contributed by atoms with Gasteiger partial charge in [-0.15, -0.1) is 0 Å². The van der Waals surface area contributed by atoms with E-state index in [2.05, 4.69) is 17.4 Å². The third kappa shape index (κ3) is 2.40. The Morgan fingerprint density at radius 2 is 2.41 bits per heavy atom. The highest BCUT2D eigenvalue weighted by atomic mass is 16.3. The smallest absolute Gasteiger partial charge is 0.101 e. The molecule has 1 atom stereocenters. The number of aromatic nitrogens is 2. The highest BCUT2D eigenvalue weighted by Gasteiger charge is 2.18. The van der Waals surface area contributed by atoms with E-state index >= 15 is 0 Å². The molecule has 0 amide bonds. The van der Waals surface area contributed by atoms with Crippen LogP contribution in [-0.4, -0.2) is 9.78 Å². The van der Waals surface area contributed by atoms with Gasteiger partial charge in [0.15, 0.2) is 0 Å². The van der Waals surface area contributed by atoms with Crippen molar-refractivity contribution in [1.29, 1.82) is 0 Å². The number of hydrogen-bond acceptors (Lipinski definition) is 4. The first-order valence-corrected chi connectivity index (χ1v) is 5.79. The molecule has 17 heavy (non-hydrogen) atoms. The lowest BCUT2D eigenvalue weighted by molar-refractivity contribution is 0.505. The topological polar surface area (TPSA) is 69.0 Å². The lowest BCUT2D eigenvalue weighted by Crippen LogP contribution is -2.30. The number of hydrogen-bond donors (Lipinski definition) is 2. The summed E-state index contributed by atoms with van der Waals surface area (Å²) in [7, 11) is 0. The molecule has 0 aliphatic carbocycles. The van der Waals surface area contributed by atoms with Crippen molar-refractivity contribution in [3.63, 3.8) is 0 Å². The zero-order chi connectivity index (χ0) is 12.3. The maximum Gasteiger partial charge on any atom is 0.101 e. The Morgan fingerprint density at radius 1 is 1.59 bits per heavy atom. The number of nitrogens with zero attached hydrogens (tertiary/aromatic N) is 2. The number of furan rings is 1. The Hall–Kier alpha value is -1.59. The fraction of sp³-hybridized carbons (Fsp3) is 0.417. The summed E-state index contributed by atoms with van der Waals surface area (Å²) in [6.45, 7) is 4.93. The average molecular weight is 234 g/mol. The minimum absolute atomic E-state index is 0.0819. The van der Waals surface area contributed by atoms with Gasteiger partial charge < -0.3 is 4.42 Å². The highest BCUT2D eigenvalue weighted by molar-refractivity contribution is 5.25. The third-order valence-electron chi connectivity index (χ3n) is 2.73. The van der Waals surface area contributed by atoms with Gasteiger partial charge in [0, 0.05) is 18.3 Å². The molecular weight excluding hydrogens is 216 g/mol. The second-order valence-electron chi connectivity index (χ2n) is 4.07. The maximum atomic E-state index is 5.64. The molecule has 2 heterocycles. The largest absolute Gasteiger partial charge is 0.469 e. The summed E-state index contributed by atoms with van der Waals surface area (Å²) < 4.78 is 7.29. The van der Waals surface area contributed by atoms with Crippen molar-refractivity contribution in [3.8, 4) is 0 Å². The number of nitrogens with one attached hydrogen (secondary N) is 1. The van der Waals surface area contributed by atoms with E-state index < -0.39 is 0 Å². The van der Waals surface area contributed by atoms with E-state index in [-0.39, 0.29) is 6.04 Å². The van der Waals surface area contributed by atoms with Crippen molar-refractivity contribution in [2.45, 2.75) is 32.9 Å². The highest BCUT2D eigenvalue weighted by Crippen LogP contribution is 2.23. The average Bonchev–Trinajstić information content (AvgIpc) is 2.91. The molecule has 0 aliphatic heterocycles. The first-order valence-electron chi connectivity index (χ1n) is 5.79. The van der Waals surface area contributed by atoms with Gasteiger partial charge in [0.1, 0.15) is 5.76 Å². The minimum Gasteiger partial charge on any atom is -0.469 e. The lowest BCUT2D eigenvalue weighted by Gasteiger charge is -2.15. The van der Waals surface area contributed by atoms with Crippen LogP contribution in [0.3, 0.4) is 0 Å². The van der Waals surface area contributed by atoms with Gasteiger partial charge in [-0.2, -0.15) is 5.10 Å². The summed E-state index contributed by atoms with van der Waals surface area (Å²) in [5, 5.41) is 4.30. The summed E-state index contributed by atoms with van der Waals surface area (Å²) in [6, 6.07) is 3.87.